The highest BCUT2D eigenvalue weighted by Crippen LogP contribution is 2.32. The molecule has 1 aromatic heterocycles. The molecule has 1 aromatic carbocycles. The second-order valence-corrected chi connectivity index (χ2v) is 7.76. The van der Waals surface area contributed by atoms with Crippen LogP contribution in [0.15, 0.2) is 22.8 Å². The highest BCUT2D eigenvalue weighted by Gasteiger charge is 2.20. The summed E-state index contributed by atoms with van der Waals surface area (Å²) < 4.78 is 7.58. The van der Waals surface area contributed by atoms with E-state index in [0.29, 0.717) is 18.9 Å². The molecule has 0 aliphatic carbocycles. The van der Waals surface area contributed by atoms with Crippen molar-refractivity contribution in [2.45, 2.75) is 45.3 Å². The SMILES string of the molecule is CC(C)(C)OC=O.O=CNc1cccc2c(Br)n(C3CCNCC3)nc12. The molecule has 7 nitrogen and oxygen atoms in total. The number of piperidine rings is 1. The van der Waals surface area contributed by atoms with E-state index in [1.54, 1.807) is 0 Å². The number of anilines is 1. The Hall–Kier alpha value is -1.93. The Labute approximate surface area is 161 Å². The molecule has 142 valence electrons. The van der Waals surface area contributed by atoms with Crippen molar-refractivity contribution in [1.29, 1.82) is 0 Å². The quantitative estimate of drug-likeness (QED) is 0.735. The van der Waals surface area contributed by atoms with Gasteiger partial charge in [-0.15, -0.1) is 0 Å². The molecular weight excluding hydrogens is 400 g/mol. The van der Waals surface area contributed by atoms with Gasteiger partial charge in [0.2, 0.25) is 6.41 Å². The third-order valence-electron chi connectivity index (χ3n) is 3.94. The summed E-state index contributed by atoms with van der Waals surface area (Å²) in [5.41, 5.74) is 1.27. The number of halogens is 1. The van der Waals surface area contributed by atoms with Gasteiger partial charge in [-0.3, -0.25) is 14.3 Å². The lowest BCUT2D eigenvalue weighted by Gasteiger charge is -2.23. The molecule has 1 aliphatic heterocycles. The molecule has 0 unspecified atom stereocenters. The lowest BCUT2D eigenvalue weighted by Crippen LogP contribution is -2.29. The van der Waals surface area contributed by atoms with Crippen LogP contribution in [0.25, 0.3) is 10.9 Å². The number of benzene rings is 1. The van der Waals surface area contributed by atoms with Crippen molar-refractivity contribution < 1.29 is 14.3 Å². The van der Waals surface area contributed by atoms with Gasteiger partial charge in [0.15, 0.2) is 0 Å². The zero-order valence-electron chi connectivity index (χ0n) is 15.3. The van der Waals surface area contributed by atoms with E-state index in [-0.39, 0.29) is 5.60 Å². The second-order valence-electron chi connectivity index (χ2n) is 7.01. The predicted molar refractivity (Wildman–Crippen MR) is 105 cm³/mol. The molecule has 0 spiro atoms. The average molecular weight is 425 g/mol. The van der Waals surface area contributed by atoms with Crippen molar-refractivity contribution in [3.63, 3.8) is 0 Å². The van der Waals surface area contributed by atoms with Crippen molar-refractivity contribution in [2.24, 2.45) is 0 Å². The number of carbonyl (C=O) groups is 2. The molecule has 2 N–H and O–H groups in total. The van der Waals surface area contributed by atoms with E-state index >= 15 is 0 Å². The first-order valence-corrected chi connectivity index (χ1v) is 9.35. The van der Waals surface area contributed by atoms with Crippen molar-refractivity contribution in [3.05, 3.63) is 22.8 Å². The molecule has 0 bridgehead atoms. The minimum Gasteiger partial charge on any atom is -0.462 e. The monoisotopic (exact) mass is 424 g/mol. The lowest BCUT2D eigenvalue weighted by molar-refractivity contribution is -0.138. The van der Waals surface area contributed by atoms with Crippen LogP contribution in [0.4, 0.5) is 5.69 Å². The Morgan fingerprint density at radius 3 is 2.54 bits per heavy atom. The molecule has 1 fully saturated rings. The number of amides is 1. The van der Waals surface area contributed by atoms with Crippen molar-refractivity contribution in [1.82, 2.24) is 15.1 Å². The van der Waals surface area contributed by atoms with E-state index in [4.69, 9.17) is 0 Å². The zero-order valence-corrected chi connectivity index (χ0v) is 16.9. The molecule has 1 aliphatic rings. The van der Waals surface area contributed by atoms with Crippen LogP contribution < -0.4 is 10.6 Å². The smallest absolute Gasteiger partial charge is 0.293 e. The van der Waals surface area contributed by atoms with Gasteiger partial charge in [-0.1, -0.05) is 6.07 Å². The van der Waals surface area contributed by atoms with Crippen LogP contribution in [0.2, 0.25) is 0 Å². The molecule has 8 heteroatoms. The number of nitrogens with one attached hydrogen (secondary N) is 2. The Bertz CT molecular complexity index is 749. The van der Waals surface area contributed by atoms with Gasteiger partial charge < -0.3 is 15.4 Å². The highest BCUT2D eigenvalue weighted by molar-refractivity contribution is 9.10. The van der Waals surface area contributed by atoms with Gasteiger partial charge in [0.1, 0.15) is 15.7 Å². The number of ether oxygens (including phenoxy) is 1. The maximum absolute atomic E-state index is 10.6. The minimum atomic E-state index is -0.318. The third-order valence-corrected chi connectivity index (χ3v) is 4.73. The first kappa shape index (κ1) is 20.4. The average Bonchev–Trinajstić information content (AvgIpc) is 2.94. The third kappa shape index (κ3) is 5.28. The van der Waals surface area contributed by atoms with Gasteiger partial charge >= 0.3 is 0 Å². The Balaban J connectivity index is 0.000000298. The van der Waals surface area contributed by atoms with E-state index in [2.05, 4.69) is 36.4 Å². The van der Waals surface area contributed by atoms with Crippen LogP contribution in [0.1, 0.15) is 39.7 Å². The fourth-order valence-electron chi connectivity index (χ4n) is 2.71. The second kappa shape index (κ2) is 9.14. The number of aromatic nitrogens is 2. The van der Waals surface area contributed by atoms with Gasteiger partial charge in [0.05, 0.1) is 11.7 Å². The molecular formula is C18H25BrN4O3. The lowest BCUT2D eigenvalue weighted by atomic mass is 10.1. The fraction of sp³-hybridized carbons (Fsp3) is 0.500. The summed E-state index contributed by atoms with van der Waals surface area (Å²) in [7, 11) is 0. The first-order chi connectivity index (χ1) is 12.4. The van der Waals surface area contributed by atoms with Crippen LogP contribution in [0, 0.1) is 0 Å². The van der Waals surface area contributed by atoms with Crippen LogP contribution in [0.5, 0.6) is 0 Å². The number of rotatable bonds is 4. The summed E-state index contributed by atoms with van der Waals surface area (Å²) in [5.74, 6) is 0. The van der Waals surface area contributed by atoms with Gasteiger partial charge in [-0.05, 0) is 74.8 Å². The molecule has 0 atom stereocenters. The molecule has 1 amide bonds. The van der Waals surface area contributed by atoms with E-state index in [0.717, 1.165) is 47.1 Å². The standard InChI is InChI=1S/C13H15BrN4O.C5H10O2/c14-13-10-2-1-3-11(16-8-19)12(10)17-18(13)9-4-6-15-7-5-9;1-5(2,3)7-4-6/h1-3,8-9,15H,4-7H2,(H,16,19);4H,1-3H3. The Morgan fingerprint density at radius 1 is 1.31 bits per heavy atom. The first-order valence-electron chi connectivity index (χ1n) is 8.56. The molecule has 2 heterocycles. The summed E-state index contributed by atoms with van der Waals surface area (Å²) in [6.07, 6.45) is 2.83. The molecule has 0 saturated carbocycles. The minimum absolute atomic E-state index is 0.318. The number of nitrogens with zero attached hydrogens (tertiary/aromatic N) is 2. The van der Waals surface area contributed by atoms with Gasteiger partial charge in [-0.25, -0.2) is 0 Å². The Morgan fingerprint density at radius 2 is 2.00 bits per heavy atom. The summed E-state index contributed by atoms with van der Waals surface area (Å²) in [6, 6.07) is 6.21. The largest absolute Gasteiger partial charge is 0.462 e. The molecule has 0 radical (unpaired) electrons. The number of hydrogen-bond donors (Lipinski definition) is 2. The summed E-state index contributed by atoms with van der Waals surface area (Å²) in [6.45, 7) is 7.96. The molecule has 2 aromatic rings. The normalized spacial score (nSPS) is 15.1. The van der Waals surface area contributed by atoms with Gasteiger partial charge in [0, 0.05) is 5.39 Å². The fourth-order valence-corrected chi connectivity index (χ4v) is 3.40. The van der Waals surface area contributed by atoms with Crippen LogP contribution >= 0.6 is 15.9 Å². The van der Waals surface area contributed by atoms with Crippen molar-refractivity contribution >= 4 is 45.4 Å². The zero-order chi connectivity index (χ0) is 19.2. The van der Waals surface area contributed by atoms with E-state index in [1.807, 2.05) is 43.7 Å². The van der Waals surface area contributed by atoms with E-state index in [1.165, 1.54) is 0 Å². The van der Waals surface area contributed by atoms with Gasteiger partial charge in [-0.2, -0.15) is 5.10 Å². The van der Waals surface area contributed by atoms with Crippen LogP contribution in [-0.2, 0) is 14.3 Å². The number of hydrogen-bond acceptors (Lipinski definition) is 5. The van der Waals surface area contributed by atoms with Crippen LogP contribution in [0.3, 0.4) is 0 Å². The summed E-state index contributed by atoms with van der Waals surface area (Å²) in [5, 5.41) is 11.8. The highest BCUT2D eigenvalue weighted by atomic mass is 79.9. The van der Waals surface area contributed by atoms with Gasteiger partial charge in [0.25, 0.3) is 6.47 Å². The maximum atomic E-state index is 10.6. The predicted octanol–water partition coefficient (Wildman–Crippen LogP) is 3.25. The summed E-state index contributed by atoms with van der Waals surface area (Å²) >= 11 is 3.64. The summed E-state index contributed by atoms with van der Waals surface area (Å²) in [4.78, 5) is 20.2. The Kier molecular flexibility index (Phi) is 7.16. The van der Waals surface area contributed by atoms with Crippen LogP contribution in [-0.4, -0.2) is 41.4 Å². The van der Waals surface area contributed by atoms with E-state index < -0.39 is 0 Å². The molecule has 1 saturated heterocycles. The topological polar surface area (TPSA) is 85.2 Å². The number of fused-ring (bicyclic) bond motifs is 1. The van der Waals surface area contributed by atoms with Crippen molar-refractivity contribution in [2.75, 3.05) is 18.4 Å². The number of carbonyl (C=O) groups excluding carboxylic acids is 2. The molecule has 3 rings (SSSR count). The van der Waals surface area contributed by atoms with E-state index in [9.17, 15) is 9.59 Å². The van der Waals surface area contributed by atoms with Crippen molar-refractivity contribution in [3.8, 4) is 0 Å². The maximum Gasteiger partial charge on any atom is 0.293 e. The molecule has 26 heavy (non-hydrogen) atoms.